The van der Waals surface area contributed by atoms with Crippen LogP contribution in [0.1, 0.15) is 18.4 Å². The van der Waals surface area contributed by atoms with Crippen molar-refractivity contribution in [3.05, 3.63) is 60.2 Å². The number of hydrogen-bond acceptors (Lipinski definition) is 3. The number of nitrogens with one attached hydrogen (secondary N) is 2. The van der Waals surface area contributed by atoms with Crippen LogP contribution < -0.4 is 15.4 Å². The largest absolute Gasteiger partial charge is 0.494 e. The van der Waals surface area contributed by atoms with Crippen LogP contribution in [0.3, 0.4) is 0 Å². The van der Waals surface area contributed by atoms with Gasteiger partial charge >= 0.3 is 12.1 Å². The molecule has 8 heteroatoms. The second-order valence-corrected chi connectivity index (χ2v) is 5.69. The van der Waals surface area contributed by atoms with Gasteiger partial charge in [-0.05, 0) is 36.2 Å². The number of carbonyl (C=O) groups excluding carboxylic acids is 2. The molecular formula is C19H19F3N2O3. The van der Waals surface area contributed by atoms with Gasteiger partial charge in [0.2, 0.25) is 5.91 Å². The average molecular weight is 380 g/mol. The first-order valence-corrected chi connectivity index (χ1v) is 8.26. The van der Waals surface area contributed by atoms with Crippen LogP contribution in [0.2, 0.25) is 0 Å². The van der Waals surface area contributed by atoms with E-state index in [0.29, 0.717) is 24.3 Å². The van der Waals surface area contributed by atoms with Crippen molar-refractivity contribution in [1.29, 1.82) is 0 Å². The topological polar surface area (TPSA) is 67.4 Å². The van der Waals surface area contributed by atoms with Crippen LogP contribution in [0.5, 0.6) is 5.75 Å². The maximum Gasteiger partial charge on any atom is 0.471 e. The van der Waals surface area contributed by atoms with Crippen molar-refractivity contribution in [3.8, 4) is 5.75 Å². The van der Waals surface area contributed by atoms with Crippen molar-refractivity contribution in [2.24, 2.45) is 0 Å². The molecule has 0 unspecified atom stereocenters. The molecule has 0 radical (unpaired) electrons. The minimum Gasteiger partial charge on any atom is -0.494 e. The van der Waals surface area contributed by atoms with Crippen LogP contribution in [0.25, 0.3) is 0 Å². The molecule has 0 spiro atoms. The molecule has 27 heavy (non-hydrogen) atoms. The minimum absolute atomic E-state index is 0.190. The van der Waals surface area contributed by atoms with Gasteiger partial charge in [0.15, 0.2) is 0 Å². The first kappa shape index (κ1) is 20.3. The van der Waals surface area contributed by atoms with Crippen molar-refractivity contribution < 1.29 is 27.5 Å². The zero-order valence-electron chi connectivity index (χ0n) is 14.4. The van der Waals surface area contributed by atoms with Gasteiger partial charge in [-0.3, -0.25) is 9.59 Å². The molecule has 2 amide bonds. The van der Waals surface area contributed by atoms with Crippen molar-refractivity contribution in [2.75, 3.05) is 11.9 Å². The minimum atomic E-state index is -4.90. The third kappa shape index (κ3) is 7.39. The van der Waals surface area contributed by atoms with Crippen LogP contribution >= 0.6 is 0 Å². The van der Waals surface area contributed by atoms with Gasteiger partial charge in [0.05, 0.1) is 6.61 Å². The summed E-state index contributed by atoms with van der Waals surface area (Å²) in [6.45, 7) is 0.165. The molecule has 0 fully saturated rings. The van der Waals surface area contributed by atoms with Gasteiger partial charge in [0.1, 0.15) is 5.75 Å². The predicted molar refractivity (Wildman–Crippen MR) is 94.1 cm³/mol. The second-order valence-electron chi connectivity index (χ2n) is 5.69. The van der Waals surface area contributed by atoms with Crippen LogP contribution in [0.4, 0.5) is 18.9 Å². The predicted octanol–water partition coefficient (Wildman–Crippen LogP) is 3.66. The lowest BCUT2D eigenvalue weighted by atomic mass is 10.2. The quantitative estimate of drug-likeness (QED) is 0.687. The van der Waals surface area contributed by atoms with Crippen LogP contribution in [0, 0.1) is 0 Å². The van der Waals surface area contributed by atoms with E-state index in [2.05, 4.69) is 5.32 Å². The standard InChI is InChI=1S/C19H19F3N2O3/c20-19(21,22)18(26)23-13-14-8-10-15(11-9-14)24-17(25)7-4-12-27-16-5-2-1-3-6-16/h1-3,5-6,8-11H,4,7,12-13H2,(H,23,26)(H,24,25). The zero-order valence-corrected chi connectivity index (χ0v) is 14.4. The Hall–Kier alpha value is -3.03. The number of ether oxygens (including phenoxy) is 1. The Labute approximate surface area is 154 Å². The van der Waals surface area contributed by atoms with E-state index in [1.165, 1.54) is 12.1 Å². The number of benzene rings is 2. The Balaban J connectivity index is 1.69. The van der Waals surface area contributed by atoms with Gasteiger partial charge < -0.3 is 15.4 Å². The summed E-state index contributed by atoms with van der Waals surface area (Å²) in [6.07, 6.45) is -4.09. The van der Waals surface area contributed by atoms with Crippen LogP contribution in [-0.4, -0.2) is 24.6 Å². The number of carbonyl (C=O) groups is 2. The molecular weight excluding hydrogens is 361 g/mol. The number of alkyl halides is 3. The third-order valence-corrected chi connectivity index (χ3v) is 3.51. The van der Waals surface area contributed by atoms with Gasteiger partial charge in [0, 0.05) is 18.7 Å². The lowest BCUT2D eigenvalue weighted by Crippen LogP contribution is -2.36. The maximum absolute atomic E-state index is 12.1. The highest BCUT2D eigenvalue weighted by molar-refractivity contribution is 5.90. The highest BCUT2D eigenvalue weighted by atomic mass is 19.4. The summed E-state index contributed by atoms with van der Waals surface area (Å²) < 4.78 is 41.8. The van der Waals surface area contributed by atoms with E-state index >= 15 is 0 Å². The zero-order chi connectivity index (χ0) is 19.7. The average Bonchev–Trinajstić information content (AvgIpc) is 2.64. The SMILES string of the molecule is O=C(CCCOc1ccccc1)Nc1ccc(CNC(=O)C(F)(F)F)cc1. The molecule has 0 bridgehead atoms. The molecule has 5 nitrogen and oxygen atoms in total. The highest BCUT2D eigenvalue weighted by Crippen LogP contribution is 2.15. The maximum atomic E-state index is 12.1. The molecule has 2 N–H and O–H groups in total. The number of hydrogen-bond donors (Lipinski definition) is 2. The van der Waals surface area contributed by atoms with Gasteiger partial charge in [0.25, 0.3) is 0 Å². The number of halogens is 3. The molecule has 2 rings (SSSR count). The molecule has 0 aromatic heterocycles. The lowest BCUT2D eigenvalue weighted by molar-refractivity contribution is -0.173. The van der Waals surface area contributed by atoms with E-state index in [-0.39, 0.29) is 18.9 Å². The van der Waals surface area contributed by atoms with E-state index in [0.717, 1.165) is 5.75 Å². The summed E-state index contributed by atoms with van der Waals surface area (Å²) in [5.74, 6) is -1.44. The summed E-state index contributed by atoms with van der Waals surface area (Å²) >= 11 is 0. The van der Waals surface area contributed by atoms with Gasteiger partial charge in [-0.15, -0.1) is 0 Å². The van der Waals surface area contributed by atoms with Gasteiger partial charge in [-0.1, -0.05) is 30.3 Å². The summed E-state index contributed by atoms with van der Waals surface area (Å²) in [7, 11) is 0. The van der Waals surface area contributed by atoms with E-state index < -0.39 is 12.1 Å². The van der Waals surface area contributed by atoms with Gasteiger partial charge in [-0.2, -0.15) is 13.2 Å². The van der Waals surface area contributed by atoms with E-state index in [1.54, 1.807) is 17.4 Å². The summed E-state index contributed by atoms with van der Waals surface area (Å²) in [6, 6.07) is 15.5. The normalized spacial score (nSPS) is 10.9. The fourth-order valence-electron chi connectivity index (χ4n) is 2.15. The molecule has 0 aliphatic rings. The number of rotatable bonds is 8. The van der Waals surface area contributed by atoms with Gasteiger partial charge in [-0.25, -0.2) is 0 Å². The van der Waals surface area contributed by atoms with E-state index in [9.17, 15) is 22.8 Å². The van der Waals surface area contributed by atoms with Crippen molar-refractivity contribution in [1.82, 2.24) is 5.32 Å². The summed E-state index contributed by atoms with van der Waals surface area (Å²) in [5.41, 5.74) is 1.01. The molecule has 0 atom stereocenters. The van der Waals surface area contributed by atoms with E-state index in [1.807, 2.05) is 30.3 Å². The highest BCUT2D eigenvalue weighted by Gasteiger charge is 2.38. The number of anilines is 1. The molecule has 0 heterocycles. The Kier molecular flexibility index (Phi) is 7.22. The lowest BCUT2D eigenvalue weighted by Gasteiger charge is -2.09. The Morgan fingerprint density at radius 3 is 2.26 bits per heavy atom. The third-order valence-electron chi connectivity index (χ3n) is 3.51. The second kappa shape index (κ2) is 9.61. The monoisotopic (exact) mass is 380 g/mol. The van der Waals surface area contributed by atoms with Crippen LogP contribution in [-0.2, 0) is 16.1 Å². The molecule has 0 saturated carbocycles. The number of para-hydroxylation sites is 1. The first-order valence-electron chi connectivity index (χ1n) is 8.26. The Morgan fingerprint density at radius 1 is 0.963 bits per heavy atom. The molecule has 2 aromatic carbocycles. The molecule has 144 valence electrons. The summed E-state index contributed by atoms with van der Waals surface area (Å²) in [5, 5.41) is 4.48. The Morgan fingerprint density at radius 2 is 1.63 bits per heavy atom. The molecule has 0 aliphatic heterocycles. The molecule has 0 saturated heterocycles. The number of amides is 2. The van der Waals surface area contributed by atoms with Crippen molar-refractivity contribution in [2.45, 2.75) is 25.6 Å². The van der Waals surface area contributed by atoms with Crippen molar-refractivity contribution >= 4 is 17.5 Å². The smallest absolute Gasteiger partial charge is 0.471 e. The first-order chi connectivity index (χ1) is 12.8. The summed E-state index contributed by atoms with van der Waals surface area (Å²) in [4.78, 5) is 22.6. The fourth-order valence-corrected chi connectivity index (χ4v) is 2.15. The Bertz CT molecular complexity index is 747. The molecule has 2 aromatic rings. The van der Waals surface area contributed by atoms with Crippen molar-refractivity contribution in [3.63, 3.8) is 0 Å². The van der Waals surface area contributed by atoms with Crippen LogP contribution in [0.15, 0.2) is 54.6 Å². The molecule has 0 aliphatic carbocycles. The van der Waals surface area contributed by atoms with E-state index in [4.69, 9.17) is 4.74 Å². The fraction of sp³-hybridized carbons (Fsp3) is 0.263.